The predicted molar refractivity (Wildman–Crippen MR) is 126 cm³/mol. The summed E-state index contributed by atoms with van der Waals surface area (Å²) in [6, 6.07) is 0.749. The highest BCUT2D eigenvalue weighted by molar-refractivity contribution is 7.90. The minimum Gasteiger partial charge on any atom is -0.414 e. The molecule has 1 spiro atoms. The summed E-state index contributed by atoms with van der Waals surface area (Å²) in [7, 11) is -5.37. The van der Waals surface area contributed by atoms with E-state index in [2.05, 4.69) is 40.4 Å². The molecule has 5 fully saturated rings. The molecule has 0 N–H and O–H groups in total. The second kappa shape index (κ2) is 6.92. The molecule has 2 saturated heterocycles. The highest BCUT2D eigenvalue weighted by Gasteiger charge is 2.73. The largest absolute Gasteiger partial charge is 0.414 e. The van der Waals surface area contributed by atoms with Gasteiger partial charge in [0, 0.05) is 11.3 Å². The van der Waals surface area contributed by atoms with E-state index in [1.807, 2.05) is 6.08 Å². The number of ether oxygens (including phenoxy) is 1. The van der Waals surface area contributed by atoms with Gasteiger partial charge in [-0.05, 0) is 68.5 Å². The normalized spacial score (nSPS) is 45.4. The van der Waals surface area contributed by atoms with Crippen molar-refractivity contribution in [3.63, 3.8) is 0 Å². The summed E-state index contributed by atoms with van der Waals surface area (Å²) in [5.41, 5.74) is -0.577. The molecule has 2 bridgehead atoms. The number of amides is 1. The van der Waals surface area contributed by atoms with Gasteiger partial charge in [0.05, 0.1) is 24.5 Å². The number of allylic oxidation sites excluding steroid dienone is 1. The fourth-order valence-electron chi connectivity index (χ4n) is 7.84. The summed E-state index contributed by atoms with van der Waals surface area (Å²) in [6.45, 7) is 15.3. The maximum Gasteiger partial charge on any atom is 0.239 e. The predicted octanol–water partition coefficient (Wildman–Crippen LogP) is 3.94. The van der Waals surface area contributed by atoms with Crippen LogP contribution in [0.3, 0.4) is 0 Å². The second-order valence-electron chi connectivity index (χ2n) is 12.5. The Morgan fingerprint density at radius 2 is 2.03 bits per heavy atom. The van der Waals surface area contributed by atoms with Crippen LogP contribution in [0.4, 0.5) is 0 Å². The van der Waals surface area contributed by atoms with E-state index < -0.39 is 18.3 Å². The van der Waals surface area contributed by atoms with Crippen molar-refractivity contribution in [2.24, 2.45) is 28.6 Å². The van der Waals surface area contributed by atoms with Gasteiger partial charge >= 0.3 is 0 Å². The number of hydrogen-bond donors (Lipinski definition) is 0. The van der Waals surface area contributed by atoms with Crippen LogP contribution in [0.15, 0.2) is 12.7 Å². The number of nitrogens with zero attached hydrogens (tertiary/aromatic N) is 1. The van der Waals surface area contributed by atoms with Gasteiger partial charge in [-0.1, -0.05) is 26.8 Å². The fraction of sp³-hybridized carbons (Fsp3) is 0.875. The average Bonchev–Trinajstić information content (AvgIpc) is 3.18. The van der Waals surface area contributed by atoms with E-state index in [1.165, 1.54) is 4.31 Å². The van der Waals surface area contributed by atoms with E-state index in [4.69, 9.17) is 9.16 Å². The first-order valence-corrected chi connectivity index (χ1v) is 17.0. The van der Waals surface area contributed by atoms with Gasteiger partial charge in [-0.3, -0.25) is 4.79 Å². The lowest BCUT2D eigenvalue weighted by Crippen LogP contribution is -2.49. The molecule has 2 heterocycles. The van der Waals surface area contributed by atoms with Crippen molar-refractivity contribution in [3.05, 3.63) is 12.7 Å². The molecule has 3 aliphatic carbocycles. The molecule has 3 saturated carbocycles. The Bertz CT molecular complexity index is 948. The highest BCUT2D eigenvalue weighted by atomic mass is 32.2. The van der Waals surface area contributed by atoms with Crippen LogP contribution in [0.5, 0.6) is 0 Å². The molecule has 6 nitrogen and oxygen atoms in total. The highest BCUT2D eigenvalue weighted by Crippen LogP contribution is 2.70. The number of sulfonamides is 1. The van der Waals surface area contributed by atoms with E-state index >= 15 is 0 Å². The van der Waals surface area contributed by atoms with Gasteiger partial charge in [0.2, 0.25) is 15.9 Å². The zero-order valence-corrected chi connectivity index (χ0v) is 22.0. The first-order valence-electron chi connectivity index (χ1n) is 12.3. The third-order valence-electron chi connectivity index (χ3n) is 10.0. The van der Waals surface area contributed by atoms with Crippen LogP contribution in [0.2, 0.25) is 19.1 Å². The summed E-state index contributed by atoms with van der Waals surface area (Å²) in [4.78, 5) is 13.8. The van der Waals surface area contributed by atoms with Crippen LogP contribution in [0, 0.1) is 28.6 Å². The maximum absolute atomic E-state index is 13.8. The number of rotatable bonds is 6. The molecule has 5 aliphatic rings. The van der Waals surface area contributed by atoms with Crippen molar-refractivity contribution >= 4 is 24.2 Å². The Kier molecular flexibility index (Phi) is 4.99. The van der Waals surface area contributed by atoms with E-state index in [0.29, 0.717) is 18.9 Å². The topological polar surface area (TPSA) is 76.2 Å². The van der Waals surface area contributed by atoms with Crippen LogP contribution in [-0.2, 0) is 24.0 Å². The monoisotopic (exact) mass is 481 g/mol. The molecule has 8 heteroatoms. The lowest BCUT2D eigenvalue weighted by atomic mass is 9.68. The quantitative estimate of drug-likeness (QED) is 0.326. The minimum atomic E-state index is -3.57. The van der Waals surface area contributed by atoms with Crippen molar-refractivity contribution in [2.75, 3.05) is 12.4 Å². The zero-order valence-electron chi connectivity index (χ0n) is 20.2. The molecular formula is C24H39NO5SSi. The lowest BCUT2D eigenvalue weighted by molar-refractivity contribution is -0.136. The summed E-state index contributed by atoms with van der Waals surface area (Å²) < 4.78 is 40.4. The van der Waals surface area contributed by atoms with Crippen molar-refractivity contribution in [2.45, 2.75) is 89.8 Å². The number of carbonyl (C=O) groups excluding carboxylic acids is 1. The third-order valence-corrected chi connectivity index (χ3v) is 14.1. The average molecular weight is 482 g/mol. The molecule has 180 valence electrons. The van der Waals surface area contributed by atoms with E-state index in [1.54, 1.807) is 0 Å². The van der Waals surface area contributed by atoms with Gasteiger partial charge in [0.15, 0.2) is 8.32 Å². The summed E-state index contributed by atoms with van der Waals surface area (Å²) in [5, 5.41) is 0. The smallest absolute Gasteiger partial charge is 0.239 e. The van der Waals surface area contributed by atoms with Gasteiger partial charge in [0.1, 0.15) is 5.60 Å². The minimum absolute atomic E-state index is 0.00285. The Morgan fingerprint density at radius 1 is 1.31 bits per heavy atom. The zero-order chi connectivity index (χ0) is 23.3. The first-order chi connectivity index (χ1) is 14.8. The number of carbonyl (C=O) groups is 1. The Labute approximate surface area is 194 Å². The van der Waals surface area contributed by atoms with Crippen molar-refractivity contribution in [1.82, 2.24) is 4.31 Å². The Hall–Kier alpha value is -0.703. The maximum atomic E-state index is 13.8. The van der Waals surface area contributed by atoms with Crippen LogP contribution < -0.4 is 0 Å². The van der Waals surface area contributed by atoms with Crippen molar-refractivity contribution in [3.8, 4) is 0 Å². The van der Waals surface area contributed by atoms with Gasteiger partial charge < -0.3 is 9.16 Å². The van der Waals surface area contributed by atoms with E-state index in [-0.39, 0.29) is 52.1 Å². The van der Waals surface area contributed by atoms with Gasteiger partial charge in [-0.15, -0.1) is 6.58 Å². The standard InChI is InChI=1S/C24H39NO5SSi/c1-7-10-32(5,6)29-14-24-13-16(2)18(12-20(24)30-24)21(26)25-19-11-17-8-9-23(19,22(17,3)4)15-31(25,27)28/h7,16-20H,1,8-15H2,2-6H3/t16-,17?,18-,19?,20+,23?,24+/m0/s1. The van der Waals surface area contributed by atoms with Crippen LogP contribution in [0.25, 0.3) is 0 Å². The molecule has 3 unspecified atom stereocenters. The summed E-state index contributed by atoms with van der Waals surface area (Å²) in [5.74, 6) is 0.270. The Morgan fingerprint density at radius 3 is 2.69 bits per heavy atom. The third kappa shape index (κ3) is 3.08. The molecule has 5 rings (SSSR count). The molecule has 0 aromatic carbocycles. The number of epoxide rings is 1. The van der Waals surface area contributed by atoms with Crippen LogP contribution in [0.1, 0.15) is 52.9 Å². The number of fused-ring (bicyclic) bond motifs is 2. The van der Waals surface area contributed by atoms with Crippen LogP contribution >= 0.6 is 0 Å². The fourth-order valence-corrected chi connectivity index (χ4v) is 11.9. The molecule has 0 aromatic rings. The van der Waals surface area contributed by atoms with Gasteiger partial charge in [-0.25, -0.2) is 12.7 Å². The molecule has 0 aromatic heterocycles. The lowest BCUT2D eigenvalue weighted by Gasteiger charge is -2.38. The first kappa shape index (κ1) is 23.1. The van der Waals surface area contributed by atoms with Crippen molar-refractivity contribution in [1.29, 1.82) is 0 Å². The summed E-state index contributed by atoms with van der Waals surface area (Å²) in [6.07, 6.45) is 6.13. The van der Waals surface area contributed by atoms with Gasteiger partial charge in [0.25, 0.3) is 0 Å². The second-order valence-corrected chi connectivity index (χ2v) is 18.6. The molecule has 32 heavy (non-hydrogen) atoms. The van der Waals surface area contributed by atoms with E-state index in [9.17, 15) is 13.2 Å². The SMILES string of the molecule is C=CC[Si](C)(C)OC[C@]12C[C@H](C)[C@@H](C(=O)N3C4CC5CCC4(CS3(=O)=O)C5(C)C)C[C@H]1O2. The molecule has 2 aliphatic heterocycles. The molecule has 1 amide bonds. The molecule has 7 atom stereocenters. The van der Waals surface area contributed by atoms with Crippen LogP contribution in [-0.4, -0.2) is 57.1 Å². The Balaban J connectivity index is 1.31. The van der Waals surface area contributed by atoms with Gasteiger partial charge in [-0.2, -0.15) is 0 Å². The number of hydrogen-bond acceptors (Lipinski definition) is 5. The molecular weight excluding hydrogens is 442 g/mol. The summed E-state index contributed by atoms with van der Waals surface area (Å²) >= 11 is 0. The van der Waals surface area contributed by atoms with E-state index in [0.717, 1.165) is 31.7 Å². The van der Waals surface area contributed by atoms with Crippen molar-refractivity contribution < 1.29 is 22.4 Å². The molecule has 0 radical (unpaired) electrons.